The number of nitrogens with zero attached hydrogens (tertiary/aromatic N) is 1. The maximum atomic E-state index is 8.80. The van der Waals surface area contributed by atoms with Crippen LogP contribution < -0.4 is 0 Å². The number of nitriles is 1. The zero-order valence-electron chi connectivity index (χ0n) is 8.07. The molecule has 0 saturated carbocycles. The van der Waals surface area contributed by atoms with E-state index in [1.807, 2.05) is 24.3 Å². The first-order valence-corrected chi connectivity index (χ1v) is 4.55. The van der Waals surface area contributed by atoms with Gasteiger partial charge in [-0.15, -0.1) is 6.58 Å². The van der Waals surface area contributed by atoms with Crippen LogP contribution >= 0.6 is 0 Å². The topological polar surface area (TPSA) is 33.0 Å². The van der Waals surface area contributed by atoms with Gasteiger partial charge in [-0.3, -0.25) is 0 Å². The third kappa shape index (κ3) is 3.04. The van der Waals surface area contributed by atoms with Crippen molar-refractivity contribution >= 4 is 0 Å². The molecular weight excluding hydrogens is 174 g/mol. The van der Waals surface area contributed by atoms with E-state index in [9.17, 15) is 0 Å². The molecule has 1 aromatic rings. The predicted molar refractivity (Wildman–Crippen MR) is 55.6 cm³/mol. The Balaban J connectivity index is 2.50. The van der Waals surface area contributed by atoms with Gasteiger partial charge >= 0.3 is 0 Å². The second-order valence-electron chi connectivity index (χ2n) is 2.90. The molecule has 0 aliphatic rings. The zero-order valence-corrected chi connectivity index (χ0v) is 8.07. The number of rotatable bonds is 5. The zero-order chi connectivity index (χ0) is 10.2. The van der Waals surface area contributed by atoms with Gasteiger partial charge in [0.2, 0.25) is 0 Å². The molecule has 1 aromatic carbocycles. The highest BCUT2D eigenvalue weighted by atomic mass is 16.5. The summed E-state index contributed by atoms with van der Waals surface area (Å²) >= 11 is 0. The molecule has 0 heterocycles. The minimum Gasteiger partial charge on any atom is -0.376 e. The third-order valence-corrected chi connectivity index (χ3v) is 1.86. The van der Waals surface area contributed by atoms with Crippen LogP contribution in [0.15, 0.2) is 36.9 Å². The highest BCUT2D eigenvalue weighted by Crippen LogP contribution is 2.08. The van der Waals surface area contributed by atoms with E-state index in [2.05, 4.69) is 12.6 Å². The van der Waals surface area contributed by atoms with Crippen LogP contribution in [-0.4, -0.2) is 6.61 Å². The summed E-state index contributed by atoms with van der Waals surface area (Å²) in [7, 11) is 0. The molecule has 0 N–H and O–H groups in total. The molecule has 0 amide bonds. The van der Waals surface area contributed by atoms with Crippen molar-refractivity contribution in [3.8, 4) is 6.07 Å². The molecule has 2 nitrogen and oxygen atoms in total. The van der Waals surface area contributed by atoms with Crippen LogP contribution in [0.2, 0.25) is 0 Å². The lowest BCUT2D eigenvalue weighted by Gasteiger charge is -2.03. The number of ether oxygens (including phenoxy) is 1. The van der Waals surface area contributed by atoms with Gasteiger partial charge in [0.15, 0.2) is 0 Å². The van der Waals surface area contributed by atoms with Crippen molar-refractivity contribution < 1.29 is 4.74 Å². The molecule has 0 fully saturated rings. The Morgan fingerprint density at radius 3 is 2.93 bits per heavy atom. The molecular formula is C12H13NO. The Kier molecular flexibility index (Phi) is 4.46. The maximum Gasteiger partial charge on any atom is 0.0995 e. The lowest BCUT2D eigenvalue weighted by atomic mass is 10.1. The molecule has 0 atom stereocenters. The van der Waals surface area contributed by atoms with E-state index in [0.29, 0.717) is 18.8 Å². The number of hydrogen-bond donors (Lipinski definition) is 0. The summed E-state index contributed by atoms with van der Waals surface area (Å²) in [4.78, 5) is 0. The summed E-state index contributed by atoms with van der Waals surface area (Å²) in [5.74, 6) is 0. The van der Waals surface area contributed by atoms with Crippen molar-refractivity contribution in [1.82, 2.24) is 0 Å². The van der Waals surface area contributed by atoms with Gasteiger partial charge in [0, 0.05) is 0 Å². The normalized spacial score (nSPS) is 9.36. The van der Waals surface area contributed by atoms with Gasteiger partial charge in [-0.05, 0) is 18.1 Å². The van der Waals surface area contributed by atoms with E-state index in [-0.39, 0.29) is 0 Å². The molecule has 0 aliphatic carbocycles. The Bertz CT molecular complexity index is 338. The number of hydrogen-bond acceptors (Lipinski definition) is 2. The van der Waals surface area contributed by atoms with Crippen molar-refractivity contribution in [2.75, 3.05) is 6.61 Å². The van der Waals surface area contributed by atoms with Crippen molar-refractivity contribution in [1.29, 1.82) is 5.26 Å². The average molecular weight is 187 g/mol. The highest BCUT2D eigenvalue weighted by molar-refractivity contribution is 5.36. The fourth-order valence-electron chi connectivity index (χ4n) is 1.10. The monoisotopic (exact) mass is 187 g/mol. The van der Waals surface area contributed by atoms with Crippen molar-refractivity contribution in [2.45, 2.75) is 13.0 Å². The van der Waals surface area contributed by atoms with E-state index in [1.165, 1.54) is 0 Å². The van der Waals surface area contributed by atoms with E-state index in [1.54, 1.807) is 6.07 Å². The molecule has 2 heteroatoms. The molecule has 0 bridgehead atoms. The molecule has 0 unspecified atom stereocenters. The van der Waals surface area contributed by atoms with Crippen LogP contribution in [0, 0.1) is 11.3 Å². The quantitative estimate of drug-likeness (QED) is 0.524. The Labute approximate surface area is 84.4 Å². The van der Waals surface area contributed by atoms with Gasteiger partial charge < -0.3 is 4.74 Å². The molecule has 0 saturated heterocycles. The first-order chi connectivity index (χ1) is 6.88. The first-order valence-electron chi connectivity index (χ1n) is 4.55. The summed E-state index contributed by atoms with van der Waals surface area (Å²) in [6.45, 7) is 4.76. The van der Waals surface area contributed by atoms with Gasteiger partial charge in [-0.2, -0.15) is 5.26 Å². The molecule has 0 radical (unpaired) electrons. The summed E-state index contributed by atoms with van der Waals surface area (Å²) < 4.78 is 5.38. The van der Waals surface area contributed by atoms with Gasteiger partial charge in [0.25, 0.3) is 0 Å². The maximum absolute atomic E-state index is 8.80. The summed E-state index contributed by atoms with van der Waals surface area (Å²) in [6, 6.07) is 9.61. The summed E-state index contributed by atoms with van der Waals surface area (Å²) in [5, 5.41) is 8.80. The van der Waals surface area contributed by atoms with Gasteiger partial charge in [-0.1, -0.05) is 24.3 Å². The molecule has 72 valence electrons. The largest absolute Gasteiger partial charge is 0.376 e. The fourth-order valence-corrected chi connectivity index (χ4v) is 1.10. The van der Waals surface area contributed by atoms with E-state index in [0.717, 1.165) is 12.0 Å². The first kappa shape index (κ1) is 10.5. The average Bonchev–Trinajstić information content (AvgIpc) is 2.25. The van der Waals surface area contributed by atoms with Gasteiger partial charge in [0.1, 0.15) is 0 Å². The van der Waals surface area contributed by atoms with Crippen LogP contribution in [0.4, 0.5) is 0 Å². The van der Waals surface area contributed by atoms with E-state index >= 15 is 0 Å². The molecule has 0 spiro atoms. The lowest BCUT2D eigenvalue weighted by Crippen LogP contribution is -1.96. The van der Waals surface area contributed by atoms with Crippen LogP contribution in [0.5, 0.6) is 0 Å². The Morgan fingerprint density at radius 2 is 2.21 bits per heavy atom. The van der Waals surface area contributed by atoms with Crippen LogP contribution in [-0.2, 0) is 11.3 Å². The van der Waals surface area contributed by atoms with Crippen molar-refractivity contribution in [3.05, 3.63) is 48.0 Å². The van der Waals surface area contributed by atoms with E-state index in [4.69, 9.17) is 10.00 Å². The second kappa shape index (κ2) is 5.95. The van der Waals surface area contributed by atoms with Crippen LogP contribution in [0.3, 0.4) is 0 Å². The highest BCUT2D eigenvalue weighted by Gasteiger charge is 1.99. The second-order valence-corrected chi connectivity index (χ2v) is 2.90. The third-order valence-electron chi connectivity index (χ3n) is 1.86. The molecule has 0 aromatic heterocycles. The van der Waals surface area contributed by atoms with Crippen LogP contribution in [0.25, 0.3) is 0 Å². The van der Waals surface area contributed by atoms with E-state index < -0.39 is 0 Å². The smallest absolute Gasteiger partial charge is 0.0995 e. The van der Waals surface area contributed by atoms with Crippen molar-refractivity contribution in [2.24, 2.45) is 0 Å². The SMILES string of the molecule is C=CCCOCc1ccccc1C#N. The van der Waals surface area contributed by atoms with Crippen LogP contribution in [0.1, 0.15) is 17.5 Å². The predicted octanol–water partition coefficient (Wildman–Crippen LogP) is 2.65. The Morgan fingerprint density at radius 1 is 1.43 bits per heavy atom. The minimum absolute atomic E-state index is 0.498. The fraction of sp³-hybridized carbons (Fsp3) is 0.250. The van der Waals surface area contributed by atoms with Crippen molar-refractivity contribution in [3.63, 3.8) is 0 Å². The van der Waals surface area contributed by atoms with Gasteiger partial charge in [-0.25, -0.2) is 0 Å². The molecule has 0 aliphatic heterocycles. The molecule has 14 heavy (non-hydrogen) atoms. The standard InChI is InChI=1S/C12H13NO/c1-2-3-8-14-10-12-7-5-4-6-11(12)9-13/h2,4-7H,1,3,8,10H2. The Hall–Kier alpha value is -1.59. The summed E-state index contributed by atoms with van der Waals surface area (Å²) in [6.07, 6.45) is 2.66. The minimum atomic E-state index is 0.498. The van der Waals surface area contributed by atoms with Gasteiger partial charge in [0.05, 0.1) is 24.8 Å². The number of benzene rings is 1. The summed E-state index contributed by atoms with van der Waals surface area (Å²) in [5.41, 5.74) is 1.63. The molecule has 1 rings (SSSR count). The lowest BCUT2D eigenvalue weighted by molar-refractivity contribution is 0.125.